The van der Waals surface area contributed by atoms with Crippen molar-refractivity contribution in [3.63, 3.8) is 0 Å². The lowest BCUT2D eigenvalue weighted by Crippen LogP contribution is -2.22. The Morgan fingerprint density at radius 2 is 1.70 bits per heavy atom. The predicted octanol–water partition coefficient (Wildman–Crippen LogP) is 5.64. The number of rotatable bonds is 5. The molecule has 0 heterocycles. The maximum atomic E-state index is 13.0. The van der Waals surface area contributed by atoms with Crippen molar-refractivity contribution in [2.45, 2.75) is 39.2 Å². The van der Waals surface area contributed by atoms with E-state index in [1.54, 1.807) is 20.8 Å². The molecular formula is C21H21F3O3. The van der Waals surface area contributed by atoms with Gasteiger partial charge in [0.1, 0.15) is 18.0 Å². The summed E-state index contributed by atoms with van der Waals surface area (Å²) in [6.45, 7) is 5.29. The number of hydrogen-bond donors (Lipinski definition) is 0. The van der Waals surface area contributed by atoms with Gasteiger partial charge in [0.2, 0.25) is 0 Å². The highest BCUT2D eigenvalue weighted by molar-refractivity contribution is 5.87. The molecule has 27 heavy (non-hydrogen) atoms. The second kappa shape index (κ2) is 8.29. The van der Waals surface area contributed by atoms with E-state index in [0.29, 0.717) is 5.56 Å². The quantitative estimate of drug-likeness (QED) is 0.499. The van der Waals surface area contributed by atoms with Crippen LogP contribution in [0.4, 0.5) is 13.2 Å². The molecule has 2 rings (SSSR count). The van der Waals surface area contributed by atoms with Gasteiger partial charge >= 0.3 is 12.1 Å². The standard InChI is InChI=1S/C21H21F3O3/c1-20(2,3)27-19(25)12-10-16-9-11-17(21(22,23)24)13-18(16)26-14-15-7-5-4-6-8-15/h4-13H,14H2,1-3H3. The van der Waals surface area contributed by atoms with Crippen LogP contribution in [0.1, 0.15) is 37.5 Å². The predicted molar refractivity (Wildman–Crippen MR) is 97.1 cm³/mol. The number of carbonyl (C=O) groups excluding carboxylic acids is 1. The summed E-state index contributed by atoms with van der Waals surface area (Å²) >= 11 is 0. The number of esters is 1. The number of halogens is 3. The van der Waals surface area contributed by atoms with E-state index in [1.165, 1.54) is 18.2 Å². The van der Waals surface area contributed by atoms with E-state index >= 15 is 0 Å². The number of benzene rings is 2. The molecule has 2 aromatic rings. The van der Waals surface area contributed by atoms with Gasteiger partial charge in [0.15, 0.2) is 0 Å². The van der Waals surface area contributed by atoms with Crippen LogP contribution in [-0.2, 0) is 22.3 Å². The van der Waals surface area contributed by atoms with Gasteiger partial charge in [-0.05, 0) is 44.5 Å². The van der Waals surface area contributed by atoms with Crippen molar-refractivity contribution >= 4 is 12.0 Å². The van der Waals surface area contributed by atoms with E-state index in [0.717, 1.165) is 17.7 Å². The minimum absolute atomic E-state index is 0.0356. The first kappa shape index (κ1) is 20.6. The molecule has 0 amide bonds. The number of alkyl halides is 3. The van der Waals surface area contributed by atoms with E-state index in [-0.39, 0.29) is 12.4 Å². The average molecular weight is 378 g/mol. The Bertz CT molecular complexity index is 804. The number of carbonyl (C=O) groups is 1. The molecule has 2 aromatic carbocycles. The van der Waals surface area contributed by atoms with Gasteiger partial charge in [-0.2, -0.15) is 13.2 Å². The van der Waals surface area contributed by atoms with Crippen molar-refractivity contribution in [3.8, 4) is 5.75 Å². The van der Waals surface area contributed by atoms with Gasteiger partial charge in [-0.25, -0.2) is 4.79 Å². The molecule has 0 aliphatic heterocycles. The van der Waals surface area contributed by atoms with Crippen LogP contribution in [-0.4, -0.2) is 11.6 Å². The van der Waals surface area contributed by atoms with Crippen LogP contribution >= 0.6 is 0 Å². The fourth-order valence-electron chi connectivity index (χ4n) is 2.20. The monoisotopic (exact) mass is 378 g/mol. The molecule has 0 radical (unpaired) electrons. The second-order valence-corrected chi connectivity index (χ2v) is 6.89. The highest BCUT2D eigenvalue weighted by Gasteiger charge is 2.31. The molecule has 0 fully saturated rings. The fraction of sp³-hybridized carbons (Fsp3) is 0.286. The topological polar surface area (TPSA) is 35.5 Å². The molecule has 0 bridgehead atoms. The largest absolute Gasteiger partial charge is 0.488 e. The van der Waals surface area contributed by atoms with Crippen LogP contribution in [0.2, 0.25) is 0 Å². The average Bonchev–Trinajstić information content (AvgIpc) is 2.57. The van der Waals surface area contributed by atoms with Gasteiger partial charge < -0.3 is 9.47 Å². The Kier molecular flexibility index (Phi) is 6.31. The van der Waals surface area contributed by atoms with Crippen molar-refractivity contribution in [1.29, 1.82) is 0 Å². The van der Waals surface area contributed by atoms with Gasteiger partial charge in [-0.3, -0.25) is 0 Å². The summed E-state index contributed by atoms with van der Waals surface area (Å²) in [4.78, 5) is 11.8. The third-order valence-electron chi connectivity index (χ3n) is 3.38. The molecule has 0 saturated carbocycles. The van der Waals surface area contributed by atoms with Gasteiger partial charge in [0, 0.05) is 11.6 Å². The molecule has 6 heteroatoms. The minimum Gasteiger partial charge on any atom is -0.488 e. The fourth-order valence-corrected chi connectivity index (χ4v) is 2.20. The third-order valence-corrected chi connectivity index (χ3v) is 3.38. The van der Waals surface area contributed by atoms with E-state index < -0.39 is 23.3 Å². The van der Waals surface area contributed by atoms with Crippen molar-refractivity contribution in [1.82, 2.24) is 0 Å². The summed E-state index contributed by atoms with van der Waals surface area (Å²) < 4.78 is 49.8. The van der Waals surface area contributed by atoms with Gasteiger partial charge in [-0.1, -0.05) is 36.4 Å². The Morgan fingerprint density at radius 3 is 2.30 bits per heavy atom. The molecule has 144 valence electrons. The third kappa shape index (κ3) is 6.81. The second-order valence-electron chi connectivity index (χ2n) is 6.89. The van der Waals surface area contributed by atoms with Crippen LogP contribution in [0.15, 0.2) is 54.6 Å². The summed E-state index contributed by atoms with van der Waals surface area (Å²) in [6, 6.07) is 12.2. The molecular weight excluding hydrogens is 357 g/mol. The van der Waals surface area contributed by atoms with E-state index in [4.69, 9.17) is 9.47 Å². The molecule has 0 N–H and O–H groups in total. The summed E-state index contributed by atoms with van der Waals surface area (Å²) in [6.07, 6.45) is -1.93. The normalized spacial score (nSPS) is 12.2. The SMILES string of the molecule is CC(C)(C)OC(=O)C=Cc1ccc(C(F)(F)F)cc1OCc1ccccc1. The molecule has 0 aliphatic carbocycles. The van der Waals surface area contributed by atoms with Gasteiger partial charge in [-0.15, -0.1) is 0 Å². The first-order valence-corrected chi connectivity index (χ1v) is 8.34. The first-order chi connectivity index (χ1) is 12.5. The highest BCUT2D eigenvalue weighted by atomic mass is 19.4. The summed E-state index contributed by atoms with van der Waals surface area (Å²) in [7, 11) is 0. The molecule has 0 saturated heterocycles. The van der Waals surface area contributed by atoms with Gasteiger partial charge in [0.05, 0.1) is 5.56 Å². The van der Waals surface area contributed by atoms with Crippen LogP contribution in [0.5, 0.6) is 5.75 Å². The van der Waals surface area contributed by atoms with Crippen LogP contribution in [0.25, 0.3) is 6.08 Å². The Labute approximate surface area is 156 Å². The zero-order valence-electron chi connectivity index (χ0n) is 15.3. The Hall–Kier alpha value is -2.76. The molecule has 0 unspecified atom stereocenters. The molecule has 0 spiro atoms. The summed E-state index contributed by atoms with van der Waals surface area (Å²) in [5.74, 6) is -0.551. The highest BCUT2D eigenvalue weighted by Crippen LogP contribution is 2.34. The van der Waals surface area contributed by atoms with Crippen molar-refractivity contribution in [2.24, 2.45) is 0 Å². The van der Waals surface area contributed by atoms with E-state index in [2.05, 4.69) is 0 Å². The van der Waals surface area contributed by atoms with Crippen molar-refractivity contribution in [2.75, 3.05) is 0 Å². The Balaban J connectivity index is 2.25. The van der Waals surface area contributed by atoms with Crippen LogP contribution in [0, 0.1) is 0 Å². The zero-order chi connectivity index (χ0) is 20.1. The van der Waals surface area contributed by atoms with Crippen molar-refractivity contribution < 1.29 is 27.4 Å². The summed E-state index contributed by atoms with van der Waals surface area (Å²) in [5, 5.41) is 0. The maximum Gasteiger partial charge on any atom is 0.416 e. The lowest BCUT2D eigenvalue weighted by Gasteiger charge is -2.18. The Morgan fingerprint density at radius 1 is 1.04 bits per heavy atom. The zero-order valence-corrected chi connectivity index (χ0v) is 15.3. The number of hydrogen-bond acceptors (Lipinski definition) is 3. The lowest BCUT2D eigenvalue weighted by atomic mass is 10.1. The van der Waals surface area contributed by atoms with Crippen molar-refractivity contribution in [3.05, 3.63) is 71.3 Å². The van der Waals surface area contributed by atoms with E-state index in [1.807, 2.05) is 30.3 Å². The lowest BCUT2D eigenvalue weighted by molar-refractivity contribution is -0.148. The van der Waals surface area contributed by atoms with Crippen LogP contribution < -0.4 is 4.74 Å². The molecule has 0 aromatic heterocycles. The van der Waals surface area contributed by atoms with Gasteiger partial charge in [0.25, 0.3) is 0 Å². The molecule has 0 aliphatic rings. The maximum absolute atomic E-state index is 13.0. The smallest absolute Gasteiger partial charge is 0.416 e. The number of ether oxygens (including phenoxy) is 2. The molecule has 3 nitrogen and oxygen atoms in total. The van der Waals surface area contributed by atoms with Crippen LogP contribution in [0.3, 0.4) is 0 Å². The first-order valence-electron chi connectivity index (χ1n) is 8.34. The van der Waals surface area contributed by atoms with E-state index in [9.17, 15) is 18.0 Å². The molecule has 0 atom stereocenters. The minimum atomic E-state index is -4.49. The summed E-state index contributed by atoms with van der Waals surface area (Å²) in [5.41, 5.74) is -0.310.